The van der Waals surface area contributed by atoms with Crippen LogP contribution in [0.3, 0.4) is 0 Å². The van der Waals surface area contributed by atoms with Crippen molar-refractivity contribution in [1.29, 1.82) is 0 Å². The molecule has 20 heavy (non-hydrogen) atoms. The first-order valence-electron chi connectivity index (χ1n) is 6.55. The maximum absolute atomic E-state index is 12.3. The molecule has 0 aliphatic carbocycles. The van der Waals surface area contributed by atoms with Crippen LogP contribution < -0.4 is 10.6 Å². The standard InChI is InChI=1S/C14H20ClF3N2/c1-3-11(19)9-10-5-4-6-12(15)13(10)20(2)8-7-14(16,17)18/h4-6,11H,3,7-9,19H2,1-2H3. The van der Waals surface area contributed by atoms with Gasteiger partial charge < -0.3 is 10.6 Å². The van der Waals surface area contributed by atoms with Crippen LogP contribution in [-0.2, 0) is 6.42 Å². The average molecular weight is 309 g/mol. The fraction of sp³-hybridized carbons (Fsp3) is 0.571. The molecule has 0 saturated carbocycles. The van der Waals surface area contributed by atoms with E-state index in [0.717, 1.165) is 12.0 Å². The van der Waals surface area contributed by atoms with Crippen LogP contribution in [0.5, 0.6) is 0 Å². The lowest BCUT2D eigenvalue weighted by molar-refractivity contribution is -0.132. The number of hydrogen-bond acceptors (Lipinski definition) is 2. The molecule has 0 aromatic heterocycles. The molecule has 0 bridgehead atoms. The lowest BCUT2D eigenvalue weighted by Crippen LogP contribution is -2.27. The second-order valence-corrected chi connectivity index (χ2v) is 5.31. The highest BCUT2D eigenvalue weighted by molar-refractivity contribution is 6.33. The van der Waals surface area contributed by atoms with Crippen LogP contribution in [0.25, 0.3) is 0 Å². The van der Waals surface area contributed by atoms with Gasteiger partial charge in [0.25, 0.3) is 0 Å². The van der Waals surface area contributed by atoms with Crippen molar-refractivity contribution in [1.82, 2.24) is 0 Å². The van der Waals surface area contributed by atoms with Crippen LogP contribution >= 0.6 is 11.6 Å². The first kappa shape index (κ1) is 17.1. The Labute approximate surface area is 122 Å². The molecule has 2 N–H and O–H groups in total. The summed E-state index contributed by atoms with van der Waals surface area (Å²) >= 11 is 6.14. The van der Waals surface area contributed by atoms with Gasteiger partial charge >= 0.3 is 6.18 Å². The number of benzene rings is 1. The molecule has 0 spiro atoms. The van der Waals surface area contributed by atoms with E-state index < -0.39 is 12.6 Å². The second-order valence-electron chi connectivity index (χ2n) is 4.91. The number of hydrogen-bond donors (Lipinski definition) is 1. The third-order valence-electron chi connectivity index (χ3n) is 3.19. The Balaban J connectivity index is 2.91. The Bertz CT molecular complexity index is 435. The molecule has 0 radical (unpaired) electrons. The largest absolute Gasteiger partial charge is 0.390 e. The molecule has 0 fully saturated rings. The third-order valence-corrected chi connectivity index (χ3v) is 3.49. The summed E-state index contributed by atoms with van der Waals surface area (Å²) in [5.41, 5.74) is 7.45. The highest BCUT2D eigenvalue weighted by Gasteiger charge is 2.28. The number of nitrogens with two attached hydrogens (primary N) is 1. The first-order chi connectivity index (χ1) is 9.24. The van der Waals surface area contributed by atoms with E-state index in [0.29, 0.717) is 17.1 Å². The predicted octanol–water partition coefficient (Wildman–Crippen LogP) is 4.01. The van der Waals surface area contributed by atoms with Crippen molar-refractivity contribution in [2.45, 2.75) is 38.4 Å². The van der Waals surface area contributed by atoms with E-state index in [1.54, 1.807) is 24.1 Å². The number of halogens is 4. The highest BCUT2D eigenvalue weighted by atomic mass is 35.5. The Morgan fingerprint density at radius 1 is 1.35 bits per heavy atom. The quantitative estimate of drug-likeness (QED) is 0.860. The van der Waals surface area contributed by atoms with E-state index in [1.165, 1.54) is 0 Å². The number of para-hydroxylation sites is 1. The van der Waals surface area contributed by atoms with Gasteiger partial charge in [0, 0.05) is 19.6 Å². The van der Waals surface area contributed by atoms with E-state index >= 15 is 0 Å². The lowest BCUT2D eigenvalue weighted by atomic mass is 10.0. The number of anilines is 1. The van der Waals surface area contributed by atoms with Gasteiger partial charge in [-0.05, 0) is 24.5 Å². The van der Waals surface area contributed by atoms with Gasteiger partial charge in [-0.3, -0.25) is 0 Å². The molecule has 1 unspecified atom stereocenters. The van der Waals surface area contributed by atoms with Gasteiger partial charge in [-0.1, -0.05) is 30.7 Å². The van der Waals surface area contributed by atoms with Gasteiger partial charge in [-0.2, -0.15) is 13.2 Å². The van der Waals surface area contributed by atoms with Gasteiger partial charge in [0.15, 0.2) is 0 Å². The predicted molar refractivity (Wildman–Crippen MR) is 77.4 cm³/mol. The summed E-state index contributed by atoms with van der Waals surface area (Å²) in [6.45, 7) is 1.85. The van der Waals surface area contributed by atoms with Crippen molar-refractivity contribution in [3.05, 3.63) is 28.8 Å². The fourth-order valence-corrected chi connectivity index (χ4v) is 2.32. The molecule has 0 aliphatic rings. The topological polar surface area (TPSA) is 29.3 Å². The summed E-state index contributed by atoms with van der Waals surface area (Å²) in [5, 5.41) is 0.454. The minimum Gasteiger partial charge on any atom is -0.373 e. The van der Waals surface area contributed by atoms with E-state index in [-0.39, 0.29) is 12.6 Å². The van der Waals surface area contributed by atoms with Crippen LogP contribution in [0.2, 0.25) is 5.02 Å². The zero-order chi connectivity index (χ0) is 15.3. The molecule has 0 saturated heterocycles. The Morgan fingerprint density at radius 3 is 2.55 bits per heavy atom. The van der Waals surface area contributed by atoms with Crippen molar-refractivity contribution in [3.8, 4) is 0 Å². The number of nitrogens with zero attached hydrogens (tertiary/aromatic N) is 1. The van der Waals surface area contributed by atoms with Gasteiger partial charge in [-0.25, -0.2) is 0 Å². The molecule has 0 aliphatic heterocycles. The molecule has 1 aromatic carbocycles. The van der Waals surface area contributed by atoms with Gasteiger partial charge in [-0.15, -0.1) is 0 Å². The van der Waals surface area contributed by atoms with Crippen molar-refractivity contribution in [2.75, 3.05) is 18.5 Å². The maximum atomic E-state index is 12.3. The summed E-state index contributed by atoms with van der Waals surface area (Å²) in [4.78, 5) is 1.55. The average Bonchev–Trinajstić information content (AvgIpc) is 2.35. The summed E-state index contributed by atoms with van der Waals surface area (Å²) < 4.78 is 37.0. The second kappa shape index (κ2) is 7.18. The molecule has 1 atom stereocenters. The third kappa shape index (κ3) is 5.21. The van der Waals surface area contributed by atoms with Gasteiger partial charge in [0.1, 0.15) is 0 Å². The van der Waals surface area contributed by atoms with E-state index in [1.807, 2.05) is 13.0 Å². The van der Waals surface area contributed by atoms with Crippen LogP contribution in [0.15, 0.2) is 18.2 Å². The molecule has 114 valence electrons. The van der Waals surface area contributed by atoms with E-state index in [2.05, 4.69) is 0 Å². The van der Waals surface area contributed by atoms with Crippen LogP contribution in [0, 0.1) is 0 Å². The summed E-state index contributed by atoms with van der Waals surface area (Å²) in [5.74, 6) is 0. The maximum Gasteiger partial charge on any atom is 0.390 e. The summed E-state index contributed by atoms with van der Waals surface area (Å²) in [6, 6.07) is 5.31. The Morgan fingerprint density at radius 2 is 2.00 bits per heavy atom. The van der Waals surface area contributed by atoms with Gasteiger partial charge in [0.05, 0.1) is 17.1 Å². The normalized spacial score (nSPS) is 13.3. The molecule has 1 rings (SSSR count). The monoisotopic (exact) mass is 308 g/mol. The number of alkyl halides is 3. The van der Waals surface area contributed by atoms with Gasteiger partial charge in [0.2, 0.25) is 0 Å². The fourth-order valence-electron chi connectivity index (χ4n) is 1.99. The van der Waals surface area contributed by atoms with Crippen LogP contribution in [-0.4, -0.2) is 25.8 Å². The molecular weight excluding hydrogens is 289 g/mol. The zero-order valence-corrected chi connectivity index (χ0v) is 12.4. The molecule has 0 amide bonds. The minimum atomic E-state index is -4.17. The van der Waals surface area contributed by atoms with Crippen LogP contribution in [0.4, 0.5) is 18.9 Å². The molecule has 1 aromatic rings. The molecule has 2 nitrogen and oxygen atoms in total. The van der Waals surface area contributed by atoms with Crippen molar-refractivity contribution in [2.24, 2.45) is 5.73 Å². The Hall–Kier alpha value is -0.940. The lowest BCUT2D eigenvalue weighted by Gasteiger charge is -2.25. The smallest absolute Gasteiger partial charge is 0.373 e. The van der Waals surface area contributed by atoms with E-state index in [4.69, 9.17) is 17.3 Å². The molecule has 6 heteroatoms. The van der Waals surface area contributed by atoms with Crippen LogP contribution in [0.1, 0.15) is 25.3 Å². The van der Waals surface area contributed by atoms with Crippen molar-refractivity contribution < 1.29 is 13.2 Å². The number of rotatable bonds is 6. The SMILES string of the molecule is CCC(N)Cc1cccc(Cl)c1N(C)CCC(F)(F)F. The first-order valence-corrected chi connectivity index (χ1v) is 6.93. The zero-order valence-electron chi connectivity index (χ0n) is 11.7. The summed E-state index contributed by atoms with van der Waals surface area (Å²) in [6.07, 6.45) is -3.63. The summed E-state index contributed by atoms with van der Waals surface area (Å²) in [7, 11) is 1.62. The van der Waals surface area contributed by atoms with E-state index in [9.17, 15) is 13.2 Å². The van der Waals surface area contributed by atoms with Crippen molar-refractivity contribution in [3.63, 3.8) is 0 Å². The molecular formula is C14H20ClF3N2. The highest BCUT2D eigenvalue weighted by Crippen LogP contribution is 2.31. The Kier molecular flexibility index (Phi) is 6.14. The molecule has 0 heterocycles. The minimum absolute atomic E-state index is 0.0248. The van der Waals surface area contributed by atoms with Crippen molar-refractivity contribution >= 4 is 17.3 Å².